The van der Waals surface area contributed by atoms with E-state index in [1.54, 1.807) is 29.2 Å². The van der Waals surface area contributed by atoms with Gasteiger partial charge in [0, 0.05) is 30.0 Å². The number of rotatable bonds is 10. The zero-order chi connectivity index (χ0) is 24.3. The van der Waals surface area contributed by atoms with Gasteiger partial charge in [-0.15, -0.1) is 0 Å². The molecule has 4 rings (SSSR count). The van der Waals surface area contributed by atoms with Crippen LogP contribution in [0.4, 0.5) is 11.4 Å². The van der Waals surface area contributed by atoms with E-state index in [-0.39, 0.29) is 18.4 Å². The quantitative estimate of drug-likeness (QED) is 0.431. The summed E-state index contributed by atoms with van der Waals surface area (Å²) in [6, 6.07) is 24.9. The van der Waals surface area contributed by atoms with Crippen molar-refractivity contribution >= 4 is 23.2 Å². The highest BCUT2D eigenvalue weighted by Crippen LogP contribution is 2.17. The van der Waals surface area contributed by atoms with E-state index >= 15 is 0 Å². The van der Waals surface area contributed by atoms with Crippen LogP contribution in [0.25, 0.3) is 0 Å². The molecule has 1 aliphatic heterocycles. The fourth-order valence-corrected chi connectivity index (χ4v) is 3.81. The van der Waals surface area contributed by atoms with Gasteiger partial charge >= 0.3 is 0 Å². The molecule has 182 valence electrons. The predicted octanol–water partition coefficient (Wildman–Crippen LogP) is 4.22. The van der Waals surface area contributed by atoms with Crippen molar-refractivity contribution in [3.8, 4) is 5.75 Å². The van der Waals surface area contributed by atoms with E-state index in [9.17, 15) is 9.59 Å². The molecule has 7 heteroatoms. The van der Waals surface area contributed by atoms with Crippen LogP contribution < -0.4 is 15.4 Å². The van der Waals surface area contributed by atoms with Gasteiger partial charge in [-0.25, -0.2) is 0 Å². The molecule has 1 aliphatic rings. The predicted molar refractivity (Wildman–Crippen MR) is 137 cm³/mol. The van der Waals surface area contributed by atoms with Crippen LogP contribution in [-0.2, 0) is 16.0 Å². The molecule has 0 unspecified atom stereocenters. The molecule has 1 heterocycles. The number of benzene rings is 3. The third-order valence-corrected chi connectivity index (χ3v) is 5.74. The Bertz CT molecular complexity index is 1080. The Morgan fingerprint density at radius 1 is 0.857 bits per heavy atom. The van der Waals surface area contributed by atoms with Crippen molar-refractivity contribution in [1.82, 2.24) is 4.90 Å². The lowest BCUT2D eigenvalue weighted by Crippen LogP contribution is -2.40. The maximum Gasteiger partial charge on any atom is 0.254 e. The van der Waals surface area contributed by atoms with Crippen LogP contribution >= 0.6 is 0 Å². The summed E-state index contributed by atoms with van der Waals surface area (Å²) in [4.78, 5) is 26.6. The van der Waals surface area contributed by atoms with E-state index in [4.69, 9.17) is 9.47 Å². The summed E-state index contributed by atoms with van der Waals surface area (Å²) in [5, 5.41) is 5.96. The number of morpholine rings is 1. The summed E-state index contributed by atoms with van der Waals surface area (Å²) in [5.74, 6) is 0.620. The Kier molecular flexibility index (Phi) is 8.73. The molecule has 0 spiro atoms. The summed E-state index contributed by atoms with van der Waals surface area (Å²) < 4.78 is 11.1. The maximum atomic E-state index is 12.5. The summed E-state index contributed by atoms with van der Waals surface area (Å²) in [7, 11) is 0. The number of hydrogen-bond donors (Lipinski definition) is 2. The highest BCUT2D eigenvalue weighted by Gasteiger charge is 2.18. The molecule has 3 aromatic carbocycles. The fraction of sp³-hybridized carbons (Fsp3) is 0.286. The molecule has 1 saturated heterocycles. The van der Waals surface area contributed by atoms with Gasteiger partial charge < -0.3 is 25.0 Å². The van der Waals surface area contributed by atoms with Gasteiger partial charge in [0.15, 0.2) is 0 Å². The van der Waals surface area contributed by atoms with Crippen molar-refractivity contribution in [2.24, 2.45) is 0 Å². The van der Waals surface area contributed by atoms with Crippen LogP contribution in [0.15, 0.2) is 78.9 Å². The molecule has 1 fully saturated rings. The Labute approximate surface area is 206 Å². The number of anilines is 2. The highest BCUT2D eigenvalue weighted by atomic mass is 16.5. The number of nitrogens with zero attached hydrogens (tertiary/aromatic N) is 1. The molecule has 0 aromatic heterocycles. The lowest BCUT2D eigenvalue weighted by atomic mass is 10.1. The first kappa shape index (κ1) is 24.3. The average Bonchev–Trinajstić information content (AvgIpc) is 2.92. The Morgan fingerprint density at radius 2 is 1.54 bits per heavy atom. The van der Waals surface area contributed by atoms with Crippen LogP contribution in [-0.4, -0.2) is 56.2 Å². The van der Waals surface area contributed by atoms with Crippen LogP contribution in [0.5, 0.6) is 5.75 Å². The fourth-order valence-electron chi connectivity index (χ4n) is 3.81. The van der Waals surface area contributed by atoms with Gasteiger partial charge in [-0.2, -0.15) is 0 Å². The maximum absolute atomic E-state index is 12.5. The van der Waals surface area contributed by atoms with Crippen molar-refractivity contribution in [2.45, 2.75) is 12.8 Å². The van der Waals surface area contributed by atoms with Crippen molar-refractivity contribution in [3.05, 3.63) is 90.0 Å². The average molecular weight is 474 g/mol. The first-order chi connectivity index (χ1) is 17.2. The third-order valence-electron chi connectivity index (χ3n) is 5.74. The first-order valence-electron chi connectivity index (χ1n) is 11.9. The van der Waals surface area contributed by atoms with Crippen LogP contribution in [0.3, 0.4) is 0 Å². The molecular formula is C28H31N3O4. The molecule has 0 atom stereocenters. The number of aryl methyl sites for hydroxylation is 1. The normalized spacial score (nSPS) is 13.2. The highest BCUT2D eigenvalue weighted by molar-refractivity contribution is 5.96. The number of amides is 2. The second-order valence-electron chi connectivity index (χ2n) is 8.35. The molecule has 0 saturated carbocycles. The molecule has 7 nitrogen and oxygen atoms in total. The molecule has 0 bridgehead atoms. The number of carbonyl (C=O) groups excluding carboxylic acids is 2. The molecule has 2 N–H and O–H groups in total. The van der Waals surface area contributed by atoms with Crippen molar-refractivity contribution in [3.63, 3.8) is 0 Å². The molecule has 0 aliphatic carbocycles. The van der Waals surface area contributed by atoms with Gasteiger partial charge in [-0.05, 0) is 66.9 Å². The number of hydrogen-bond acceptors (Lipinski definition) is 5. The standard InChI is InChI=1S/C28H31N3O4/c32-27(30-25-10-8-23(9-11-25)28(33)31-16-19-34-20-17-31)21-29-24-12-14-26(15-13-24)35-18-4-7-22-5-2-1-3-6-22/h1-3,5-6,8-15,29H,4,7,16-21H2,(H,30,32). The minimum absolute atomic E-state index is 0.0172. The van der Waals surface area contributed by atoms with E-state index in [1.807, 2.05) is 42.5 Å². The minimum Gasteiger partial charge on any atom is -0.494 e. The summed E-state index contributed by atoms with van der Waals surface area (Å²) in [5.41, 5.74) is 3.40. The monoisotopic (exact) mass is 473 g/mol. The second-order valence-corrected chi connectivity index (χ2v) is 8.35. The zero-order valence-electron chi connectivity index (χ0n) is 19.7. The van der Waals surface area contributed by atoms with Gasteiger partial charge in [0.1, 0.15) is 5.75 Å². The third kappa shape index (κ3) is 7.58. The summed E-state index contributed by atoms with van der Waals surface area (Å²) in [6.45, 7) is 3.12. The van der Waals surface area contributed by atoms with Crippen molar-refractivity contribution in [1.29, 1.82) is 0 Å². The molecule has 3 aromatic rings. The van der Waals surface area contributed by atoms with E-state index in [2.05, 4.69) is 22.8 Å². The van der Waals surface area contributed by atoms with Gasteiger partial charge in [0.25, 0.3) is 5.91 Å². The smallest absolute Gasteiger partial charge is 0.254 e. The van der Waals surface area contributed by atoms with E-state index in [0.717, 1.165) is 24.3 Å². The van der Waals surface area contributed by atoms with Gasteiger partial charge in [-0.1, -0.05) is 30.3 Å². The van der Waals surface area contributed by atoms with Crippen molar-refractivity contribution in [2.75, 3.05) is 50.1 Å². The summed E-state index contributed by atoms with van der Waals surface area (Å²) in [6.07, 6.45) is 1.94. The molecule has 2 amide bonds. The second kappa shape index (κ2) is 12.6. The lowest BCUT2D eigenvalue weighted by molar-refractivity contribution is -0.114. The molecule has 35 heavy (non-hydrogen) atoms. The topological polar surface area (TPSA) is 79.9 Å². The van der Waals surface area contributed by atoms with Crippen LogP contribution in [0, 0.1) is 0 Å². The van der Waals surface area contributed by atoms with E-state index in [0.29, 0.717) is 44.2 Å². The summed E-state index contributed by atoms with van der Waals surface area (Å²) >= 11 is 0. The van der Waals surface area contributed by atoms with Gasteiger partial charge in [0.2, 0.25) is 5.91 Å². The SMILES string of the molecule is O=C(CNc1ccc(OCCCc2ccccc2)cc1)Nc1ccc(C(=O)N2CCOCC2)cc1. The Hall–Kier alpha value is -3.84. The van der Waals surface area contributed by atoms with Gasteiger partial charge in [-0.3, -0.25) is 9.59 Å². The largest absolute Gasteiger partial charge is 0.494 e. The first-order valence-corrected chi connectivity index (χ1v) is 11.9. The van der Waals surface area contributed by atoms with E-state index < -0.39 is 0 Å². The van der Waals surface area contributed by atoms with Gasteiger partial charge in [0.05, 0.1) is 26.4 Å². The number of nitrogens with one attached hydrogen (secondary N) is 2. The Morgan fingerprint density at radius 3 is 2.26 bits per heavy atom. The van der Waals surface area contributed by atoms with E-state index in [1.165, 1.54) is 5.56 Å². The zero-order valence-corrected chi connectivity index (χ0v) is 19.7. The van der Waals surface area contributed by atoms with Crippen LogP contribution in [0.2, 0.25) is 0 Å². The molecular weight excluding hydrogens is 442 g/mol. The number of carbonyl (C=O) groups is 2. The Balaban J connectivity index is 1.16. The number of ether oxygens (including phenoxy) is 2. The lowest BCUT2D eigenvalue weighted by Gasteiger charge is -2.26. The molecule has 0 radical (unpaired) electrons. The van der Waals surface area contributed by atoms with Crippen molar-refractivity contribution < 1.29 is 19.1 Å². The minimum atomic E-state index is -0.168. The van der Waals surface area contributed by atoms with Crippen LogP contribution in [0.1, 0.15) is 22.3 Å².